The lowest BCUT2D eigenvalue weighted by atomic mass is 10.2. The number of anilines is 1. The fraction of sp³-hybridized carbons (Fsp3) is 0.182. The van der Waals surface area contributed by atoms with E-state index in [4.69, 9.17) is 11.2 Å². The van der Waals surface area contributed by atoms with Gasteiger partial charge in [-0.15, -0.1) is 6.42 Å². The molecule has 0 saturated carbocycles. The second kappa shape index (κ2) is 10.9. The van der Waals surface area contributed by atoms with Crippen LogP contribution < -0.4 is 20.0 Å². The summed E-state index contributed by atoms with van der Waals surface area (Å²) in [4.78, 5) is 15.7. The van der Waals surface area contributed by atoms with Crippen molar-refractivity contribution in [3.05, 3.63) is 115 Å². The quantitative estimate of drug-likeness (QED) is 0.213. The normalized spacial score (nSPS) is 11.4. The SMILES string of the molecule is C#Cc1ccc(Oc2ccc(N(C)C(=O)C[Si](c3ccccc3)(c3ccccc3)C(C)(C)C)cc2)cc1. The van der Waals surface area contributed by atoms with E-state index in [2.05, 4.69) is 75.2 Å². The van der Waals surface area contributed by atoms with Gasteiger partial charge in [0.15, 0.2) is 0 Å². The maximum absolute atomic E-state index is 13.9. The molecular weight excluding hydrogens is 470 g/mol. The Kier molecular flexibility index (Phi) is 7.66. The average Bonchev–Trinajstić information content (AvgIpc) is 2.92. The van der Waals surface area contributed by atoms with Crippen LogP contribution >= 0.6 is 0 Å². The van der Waals surface area contributed by atoms with Gasteiger partial charge in [0.05, 0.1) is 0 Å². The van der Waals surface area contributed by atoms with E-state index in [-0.39, 0.29) is 10.9 Å². The van der Waals surface area contributed by atoms with E-state index in [9.17, 15) is 4.79 Å². The Morgan fingerprint density at radius 3 is 1.68 bits per heavy atom. The van der Waals surface area contributed by atoms with Crippen LogP contribution in [-0.2, 0) is 4.79 Å². The summed E-state index contributed by atoms with van der Waals surface area (Å²) in [5.41, 5.74) is 1.64. The molecule has 0 radical (unpaired) electrons. The van der Waals surface area contributed by atoms with Crippen molar-refractivity contribution in [3.63, 3.8) is 0 Å². The maximum atomic E-state index is 13.9. The molecule has 0 N–H and O–H groups in total. The summed E-state index contributed by atoms with van der Waals surface area (Å²) in [5.74, 6) is 4.12. The molecule has 3 nitrogen and oxygen atoms in total. The first-order valence-corrected chi connectivity index (χ1v) is 14.7. The van der Waals surface area contributed by atoms with Crippen molar-refractivity contribution in [2.24, 2.45) is 0 Å². The first kappa shape index (κ1) is 26.0. The maximum Gasteiger partial charge on any atom is 0.224 e. The summed E-state index contributed by atoms with van der Waals surface area (Å²) in [7, 11) is -0.652. The first-order valence-electron chi connectivity index (χ1n) is 12.5. The first-order chi connectivity index (χ1) is 17.7. The minimum Gasteiger partial charge on any atom is -0.457 e. The summed E-state index contributed by atoms with van der Waals surface area (Å²) >= 11 is 0. The van der Waals surface area contributed by atoms with Crippen LogP contribution in [0, 0.1) is 12.3 Å². The molecule has 4 aromatic carbocycles. The molecule has 0 unspecified atom stereocenters. The second-order valence-electron chi connectivity index (χ2n) is 10.3. The molecule has 0 heterocycles. The molecule has 1 amide bonds. The van der Waals surface area contributed by atoms with Gasteiger partial charge >= 0.3 is 0 Å². The summed E-state index contributed by atoms with van der Waals surface area (Å²) in [6.07, 6.45) is 5.43. The van der Waals surface area contributed by atoms with Crippen molar-refractivity contribution in [1.82, 2.24) is 0 Å². The van der Waals surface area contributed by atoms with Gasteiger partial charge in [-0.1, -0.05) is 97.7 Å². The van der Waals surface area contributed by atoms with Crippen molar-refractivity contribution in [2.45, 2.75) is 31.9 Å². The molecule has 37 heavy (non-hydrogen) atoms. The zero-order valence-corrected chi connectivity index (χ0v) is 22.9. The summed E-state index contributed by atoms with van der Waals surface area (Å²) in [6.45, 7) is 6.82. The lowest BCUT2D eigenvalue weighted by molar-refractivity contribution is -0.116. The Bertz CT molecular complexity index is 1330. The highest BCUT2D eigenvalue weighted by Crippen LogP contribution is 2.39. The van der Waals surface area contributed by atoms with Crippen molar-refractivity contribution in [1.29, 1.82) is 0 Å². The molecule has 0 aliphatic rings. The number of terminal acetylenes is 1. The van der Waals surface area contributed by atoms with Gasteiger partial charge in [-0.2, -0.15) is 0 Å². The summed E-state index contributed by atoms with van der Waals surface area (Å²) in [5, 5.41) is 2.46. The lowest BCUT2D eigenvalue weighted by Gasteiger charge is -2.44. The van der Waals surface area contributed by atoms with Gasteiger partial charge in [-0.3, -0.25) is 4.79 Å². The van der Waals surface area contributed by atoms with Gasteiger partial charge in [0.25, 0.3) is 0 Å². The fourth-order valence-corrected chi connectivity index (χ4v) is 10.1. The number of carbonyl (C=O) groups excluding carboxylic acids is 1. The Morgan fingerprint density at radius 1 is 0.784 bits per heavy atom. The average molecular weight is 504 g/mol. The van der Waals surface area contributed by atoms with Crippen molar-refractivity contribution in [3.8, 4) is 23.8 Å². The van der Waals surface area contributed by atoms with Crippen molar-refractivity contribution in [2.75, 3.05) is 11.9 Å². The van der Waals surface area contributed by atoms with Crippen LogP contribution in [0.3, 0.4) is 0 Å². The van der Waals surface area contributed by atoms with E-state index in [1.807, 2.05) is 67.7 Å². The monoisotopic (exact) mass is 503 g/mol. The zero-order valence-electron chi connectivity index (χ0n) is 21.9. The van der Waals surface area contributed by atoms with Crippen LogP contribution in [0.5, 0.6) is 11.5 Å². The van der Waals surface area contributed by atoms with Crippen LogP contribution in [0.15, 0.2) is 109 Å². The molecule has 4 rings (SSSR count). The zero-order chi connectivity index (χ0) is 26.5. The number of hydrogen-bond acceptors (Lipinski definition) is 2. The second-order valence-corrected chi connectivity index (χ2v) is 15.1. The molecule has 0 aliphatic heterocycles. The highest BCUT2D eigenvalue weighted by atomic mass is 28.3. The number of hydrogen-bond donors (Lipinski definition) is 0. The molecule has 4 heteroatoms. The van der Waals surface area contributed by atoms with Crippen LogP contribution in [0.1, 0.15) is 26.3 Å². The molecule has 0 spiro atoms. The molecule has 4 aromatic rings. The Hall–Kier alpha value is -4.07. The summed E-state index contributed by atoms with van der Waals surface area (Å²) in [6, 6.07) is 36.7. The van der Waals surface area contributed by atoms with Crippen LogP contribution in [-0.4, -0.2) is 21.0 Å². The van der Waals surface area contributed by atoms with Crippen LogP contribution in [0.4, 0.5) is 5.69 Å². The van der Waals surface area contributed by atoms with Crippen LogP contribution in [0.2, 0.25) is 11.1 Å². The molecule has 0 aliphatic carbocycles. The van der Waals surface area contributed by atoms with Gasteiger partial charge in [0, 0.05) is 24.3 Å². The third-order valence-corrected chi connectivity index (χ3v) is 13.1. The molecular formula is C33H33NO2Si. The van der Waals surface area contributed by atoms with E-state index < -0.39 is 8.07 Å². The van der Waals surface area contributed by atoms with Gasteiger partial charge < -0.3 is 9.64 Å². The number of benzene rings is 4. The third-order valence-electron chi connectivity index (χ3n) is 7.08. The Morgan fingerprint density at radius 2 is 1.24 bits per heavy atom. The molecule has 0 atom stereocenters. The van der Waals surface area contributed by atoms with E-state index in [1.165, 1.54) is 10.4 Å². The lowest BCUT2D eigenvalue weighted by Crippen LogP contribution is -2.65. The van der Waals surface area contributed by atoms with Gasteiger partial charge in [0.2, 0.25) is 5.91 Å². The third kappa shape index (κ3) is 5.53. The van der Waals surface area contributed by atoms with Gasteiger partial charge in [-0.25, -0.2) is 0 Å². The Balaban J connectivity index is 1.61. The van der Waals surface area contributed by atoms with Crippen molar-refractivity contribution < 1.29 is 9.53 Å². The van der Waals surface area contributed by atoms with Gasteiger partial charge in [-0.05, 0) is 53.6 Å². The highest BCUT2D eigenvalue weighted by Gasteiger charge is 2.49. The molecule has 0 aromatic heterocycles. The molecule has 186 valence electrons. The molecule has 0 fully saturated rings. The standard InChI is InChI=1S/C33H33NO2Si/c1-6-26-17-21-28(22-18-26)36-29-23-19-27(20-24-29)34(5)32(35)25-37(33(2,3)4,30-13-9-7-10-14-30)31-15-11-8-12-16-31/h1,7-24H,25H2,2-5H3. The number of ether oxygens (including phenoxy) is 1. The topological polar surface area (TPSA) is 29.5 Å². The minimum atomic E-state index is -2.51. The number of amides is 1. The van der Waals surface area contributed by atoms with E-state index in [1.54, 1.807) is 4.90 Å². The molecule has 0 saturated heterocycles. The Labute approximate surface area is 221 Å². The van der Waals surface area contributed by atoms with E-state index in [0.29, 0.717) is 17.5 Å². The summed E-state index contributed by atoms with van der Waals surface area (Å²) < 4.78 is 5.95. The van der Waals surface area contributed by atoms with E-state index in [0.717, 1.165) is 11.3 Å². The highest BCUT2D eigenvalue weighted by molar-refractivity contribution is 7.05. The van der Waals surface area contributed by atoms with E-state index >= 15 is 0 Å². The predicted octanol–water partition coefficient (Wildman–Crippen LogP) is 6.49. The number of carbonyl (C=O) groups is 1. The van der Waals surface area contributed by atoms with Crippen LogP contribution in [0.25, 0.3) is 0 Å². The predicted molar refractivity (Wildman–Crippen MR) is 157 cm³/mol. The number of nitrogens with zero attached hydrogens (tertiary/aromatic N) is 1. The van der Waals surface area contributed by atoms with Crippen molar-refractivity contribution >= 4 is 30.0 Å². The fourth-order valence-electron chi connectivity index (χ4n) is 4.93. The van der Waals surface area contributed by atoms with Gasteiger partial charge in [0.1, 0.15) is 19.6 Å². The number of rotatable bonds is 7. The molecule has 0 bridgehead atoms. The smallest absolute Gasteiger partial charge is 0.224 e. The minimum absolute atomic E-state index is 0.0845. The largest absolute Gasteiger partial charge is 0.457 e.